The van der Waals surface area contributed by atoms with E-state index in [0.29, 0.717) is 0 Å². The molecule has 2 heterocycles. The normalized spacial score (nSPS) is 27.1. The van der Waals surface area contributed by atoms with Crippen LogP contribution in [0.5, 0.6) is 0 Å². The summed E-state index contributed by atoms with van der Waals surface area (Å²) in [6.07, 6.45) is -4.58. The van der Waals surface area contributed by atoms with Crippen molar-refractivity contribution in [2.45, 2.75) is 24.5 Å². The summed E-state index contributed by atoms with van der Waals surface area (Å²) in [6.45, 7) is -0.683. The van der Waals surface area contributed by atoms with Gasteiger partial charge < -0.3 is 24.7 Å². The van der Waals surface area contributed by atoms with Crippen LogP contribution in [-0.2, 0) is 13.8 Å². The average Bonchev–Trinajstić information content (AvgIpc) is 2.64. The van der Waals surface area contributed by atoms with Crippen LogP contribution in [0.4, 0.5) is 0 Å². The van der Waals surface area contributed by atoms with Crippen LogP contribution in [0.3, 0.4) is 0 Å². The Kier molecular flexibility index (Phi) is 9.66. The number of phosphoric ester groups is 1. The van der Waals surface area contributed by atoms with Gasteiger partial charge in [-0.15, -0.1) is 0 Å². The molecule has 1 aromatic heterocycles. The van der Waals surface area contributed by atoms with E-state index in [1.54, 1.807) is 0 Å². The number of nitrogens with zero attached hydrogens (tertiary/aromatic N) is 1. The third kappa shape index (κ3) is 6.15. The molecule has 0 aromatic carbocycles. The van der Waals surface area contributed by atoms with Gasteiger partial charge in [-0.2, -0.15) is 0 Å². The summed E-state index contributed by atoms with van der Waals surface area (Å²) in [5.74, 6) is 0. The van der Waals surface area contributed by atoms with Crippen LogP contribution >= 0.6 is 7.82 Å². The Labute approximate surface area is 173 Å². The van der Waals surface area contributed by atoms with Crippen LogP contribution in [-0.4, -0.2) is 114 Å². The molecule has 14 heteroatoms. The fraction of sp³-hybridized carbons (Fsp3) is 0.556. The predicted molar refractivity (Wildman–Crippen MR) is 76.8 cm³/mol. The van der Waals surface area contributed by atoms with Crippen LogP contribution < -0.4 is 11.2 Å². The van der Waals surface area contributed by atoms with Crippen LogP contribution in [0, 0.1) is 0 Å². The molecule has 23 heavy (non-hydrogen) atoms. The molecule has 2 radical (unpaired) electrons. The molecule has 0 bridgehead atoms. The summed E-state index contributed by atoms with van der Waals surface area (Å²) in [4.78, 5) is 41.6. The van der Waals surface area contributed by atoms with Gasteiger partial charge in [0.2, 0.25) is 0 Å². The van der Waals surface area contributed by atoms with E-state index >= 15 is 0 Å². The monoisotopic (exact) mass is 370 g/mol. The SMILES string of the molecule is O=c1ccn([C@@H]2O[C@H](COP(=O)(O)O)[C@H](O)C2O)c(=O)[nH]1.[Na].[Na]. The molecule has 1 aliphatic heterocycles. The number of H-pyrrole nitrogens is 1. The minimum absolute atomic E-state index is 0. The van der Waals surface area contributed by atoms with E-state index in [1.165, 1.54) is 0 Å². The van der Waals surface area contributed by atoms with Gasteiger partial charge in [-0.05, 0) is 0 Å². The number of aromatic nitrogens is 2. The summed E-state index contributed by atoms with van der Waals surface area (Å²) < 4.78 is 20.8. The zero-order chi connectivity index (χ0) is 15.8. The second-order valence-corrected chi connectivity index (χ2v) is 5.59. The van der Waals surface area contributed by atoms with E-state index in [1.807, 2.05) is 4.98 Å². The average molecular weight is 370 g/mol. The number of rotatable bonds is 4. The maximum Gasteiger partial charge on any atom is 0.469 e. The van der Waals surface area contributed by atoms with Gasteiger partial charge in [-0.1, -0.05) is 0 Å². The molecule has 120 valence electrons. The molecule has 1 fully saturated rings. The third-order valence-corrected chi connectivity index (χ3v) is 3.35. The van der Waals surface area contributed by atoms with Crippen molar-refractivity contribution in [2.75, 3.05) is 6.61 Å². The van der Waals surface area contributed by atoms with Crippen molar-refractivity contribution in [2.24, 2.45) is 0 Å². The van der Waals surface area contributed by atoms with E-state index < -0.39 is 50.2 Å². The van der Waals surface area contributed by atoms with Gasteiger partial charge in [0.25, 0.3) is 5.56 Å². The number of aliphatic hydroxyl groups excluding tert-OH is 2. The summed E-state index contributed by atoms with van der Waals surface area (Å²) in [7, 11) is -4.76. The van der Waals surface area contributed by atoms with Crippen molar-refractivity contribution in [1.29, 1.82) is 0 Å². The number of aromatic amines is 1. The molecule has 1 aliphatic rings. The molecule has 0 saturated carbocycles. The second-order valence-electron chi connectivity index (χ2n) is 4.35. The fourth-order valence-electron chi connectivity index (χ4n) is 1.89. The molecule has 1 aromatic rings. The maximum atomic E-state index is 11.6. The number of aliphatic hydroxyl groups is 2. The molecular formula is C9H13N2Na2O9P. The topological polar surface area (TPSA) is 171 Å². The first-order chi connectivity index (χ1) is 9.69. The molecule has 1 unspecified atom stereocenters. The minimum atomic E-state index is -4.76. The second kappa shape index (κ2) is 9.39. The van der Waals surface area contributed by atoms with Gasteiger partial charge in [0.05, 0.1) is 6.61 Å². The van der Waals surface area contributed by atoms with Crippen molar-refractivity contribution in [3.63, 3.8) is 0 Å². The zero-order valence-electron chi connectivity index (χ0n) is 12.4. The fourth-order valence-corrected chi connectivity index (χ4v) is 2.24. The Bertz CT molecular complexity index is 673. The van der Waals surface area contributed by atoms with E-state index in [2.05, 4.69) is 4.52 Å². The summed E-state index contributed by atoms with van der Waals surface area (Å²) in [5, 5.41) is 19.6. The van der Waals surface area contributed by atoms with E-state index in [-0.39, 0.29) is 59.1 Å². The largest absolute Gasteiger partial charge is 0.469 e. The van der Waals surface area contributed by atoms with Crippen LogP contribution in [0.25, 0.3) is 0 Å². The Morgan fingerprint density at radius 1 is 1.26 bits per heavy atom. The Hall–Kier alpha value is 0.670. The summed E-state index contributed by atoms with van der Waals surface area (Å²) in [6, 6.07) is 1.02. The van der Waals surface area contributed by atoms with E-state index in [0.717, 1.165) is 16.8 Å². The number of phosphoric acid groups is 1. The summed E-state index contributed by atoms with van der Waals surface area (Å²) >= 11 is 0. The van der Waals surface area contributed by atoms with Gasteiger partial charge in [0.1, 0.15) is 18.3 Å². The van der Waals surface area contributed by atoms with Gasteiger partial charge >= 0.3 is 13.5 Å². The van der Waals surface area contributed by atoms with Crippen molar-refractivity contribution >= 4 is 66.9 Å². The number of hydrogen-bond donors (Lipinski definition) is 5. The van der Waals surface area contributed by atoms with Crippen molar-refractivity contribution < 1.29 is 33.8 Å². The molecular weight excluding hydrogens is 357 g/mol. The van der Waals surface area contributed by atoms with Gasteiger partial charge in [0, 0.05) is 71.4 Å². The molecule has 4 atom stereocenters. The first-order valence-electron chi connectivity index (χ1n) is 5.72. The third-order valence-electron chi connectivity index (χ3n) is 2.87. The quantitative estimate of drug-likeness (QED) is 0.266. The van der Waals surface area contributed by atoms with Crippen LogP contribution in [0.2, 0.25) is 0 Å². The van der Waals surface area contributed by atoms with Gasteiger partial charge in [-0.3, -0.25) is 18.9 Å². The first-order valence-corrected chi connectivity index (χ1v) is 7.25. The number of ether oxygens (including phenoxy) is 1. The van der Waals surface area contributed by atoms with Crippen molar-refractivity contribution in [3.8, 4) is 0 Å². The van der Waals surface area contributed by atoms with Gasteiger partial charge in [0.15, 0.2) is 6.23 Å². The Balaban J connectivity index is 0.00000242. The molecule has 0 amide bonds. The Morgan fingerprint density at radius 3 is 2.39 bits per heavy atom. The minimum Gasteiger partial charge on any atom is -0.387 e. The molecule has 0 aliphatic carbocycles. The van der Waals surface area contributed by atoms with Crippen molar-refractivity contribution in [1.82, 2.24) is 9.55 Å². The van der Waals surface area contributed by atoms with E-state index in [4.69, 9.17) is 14.5 Å². The zero-order valence-corrected chi connectivity index (χ0v) is 17.3. The van der Waals surface area contributed by atoms with E-state index in [9.17, 15) is 24.4 Å². The first kappa shape index (κ1) is 23.7. The summed E-state index contributed by atoms with van der Waals surface area (Å²) in [5.41, 5.74) is -1.51. The van der Waals surface area contributed by atoms with Crippen LogP contribution in [0.1, 0.15) is 6.23 Å². The Morgan fingerprint density at radius 2 is 1.87 bits per heavy atom. The maximum absolute atomic E-state index is 11.6. The van der Waals surface area contributed by atoms with Crippen molar-refractivity contribution in [3.05, 3.63) is 33.1 Å². The standard InChI is InChI=1S/C9H13N2O9P.2Na/c12-5-1-2-11(9(15)10-5)8-7(14)6(13)4(20-8)3-19-21(16,17)18;;/h1-2,4,6-8,13-14H,3H2,(H,10,12,15)(H2,16,17,18);;/t4-,6+,7?,8-;;/m1../s1. The van der Waals surface area contributed by atoms with Crippen LogP contribution in [0.15, 0.2) is 21.9 Å². The number of hydrogen-bond acceptors (Lipinski definition) is 7. The predicted octanol–water partition coefficient (Wildman–Crippen LogP) is -3.50. The van der Waals surface area contributed by atoms with Gasteiger partial charge in [-0.25, -0.2) is 9.36 Å². The number of nitrogens with one attached hydrogen (secondary N) is 1. The molecule has 2 rings (SSSR count). The molecule has 5 N–H and O–H groups in total. The smallest absolute Gasteiger partial charge is 0.387 e. The molecule has 1 saturated heterocycles. The molecule has 0 spiro atoms. The molecule has 11 nitrogen and oxygen atoms in total.